The van der Waals surface area contributed by atoms with E-state index in [1.54, 1.807) is 38.2 Å². The highest BCUT2D eigenvalue weighted by Gasteiger charge is 2.31. The first-order chi connectivity index (χ1) is 9.69. The van der Waals surface area contributed by atoms with Crippen molar-refractivity contribution in [3.63, 3.8) is 0 Å². The van der Waals surface area contributed by atoms with Crippen LogP contribution in [0.1, 0.15) is 11.7 Å². The van der Waals surface area contributed by atoms with Crippen LogP contribution in [0.15, 0.2) is 30.5 Å². The number of nitrogens with zero attached hydrogens (tertiary/aromatic N) is 2. The second-order valence-electron chi connectivity index (χ2n) is 4.93. The van der Waals surface area contributed by atoms with Gasteiger partial charge in [-0.1, -0.05) is 0 Å². The molecule has 0 aliphatic heterocycles. The number of ether oxygens (including phenoxy) is 1. The summed E-state index contributed by atoms with van der Waals surface area (Å²) in [5.74, 6) is -0.458. The number of rotatable bonds is 3. The topological polar surface area (TPSA) is 34.5 Å². The summed E-state index contributed by atoms with van der Waals surface area (Å²) in [4.78, 5) is 14.0. The van der Waals surface area contributed by atoms with E-state index >= 15 is 0 Å². The molecule has 1 atom stereocenters. The first kappa shape index (κ1) is 15.4. The van der Waals surface area contributed by atoms with Gasteiger partial charge in [-0.15, -0.1) is 13.2 Å². The zero-order valence-corrected chi connectivity index (χ0v) is 11.8. The van der Waals surface area contributed by atoms with E-state index in [1.807, 2.05) is 0 Å². The van der Waals surface area contributed by atoms with Gasteiger partial charge in [-0.25, -0.2) is 0 Å². The van der Waals surface area contributed by atoms with E-state index in [1.165, 1.54) is 22.8 Å². The third-order valence-corrected chi connectivity index (χ3v) is 3.26. The Bertz CT molecular complexity index is 662. The predicted octanol–water partition coefficient (Wildman–Crippen LogP) is 3.13. The summed E-state index contributed by atoms with van der Waals surface area (Å²) in [6.07, 6.45) is -3.18. The number of aromatic nitrogens is 1. The minimum absolute atomic E-state index is 0.153. The minimum atomic E-state index is -4.73. The number of hydrogen-bond donors (Lipinski definition) is 0. The number of hydrogen-bond acceptors (Lipinski definition) is 3. The monoisotopic (exact) mass is 300 g/mol. The molecule has 21 heavy (non-hydrogen) atoms. The number of carbonyl (C=O) groups excluding carboxylic acids is 1. The molecule has 0 N–H and O–H groups in total. The van der Waals surface area contributed by atoms with Gasteiger partial charge >= 0.3 is 6.36 Å². The van der Waals surface area contributed by atoms with E-state index in [0.717, 1.165) is 0 Å². The van der Waals surface area contributed by atoms with E-state index in [0.29, 0.717) is 10.9 Å². The molecule has 0 aliphatic rings. The summed E-state index contributed by atoms with van der Waals surface area (Å²) in [5, 5.41) is 0.510. The molecular weight excluding hydrogens is 285 g/mol. The van der Waals surface area contributed by atoms with E-state index < -0.39 is 6.36 Å². The zero-order chi connectivity index (χ0) is 15.8. The summed E-state index contributed by atoms with van der Waals surface area (Å²) in [6, 6.07) is 5.13. The molecule has 0 saturated carbocycles. The van der Waals surface area contributed by atoms with Crippen molar-refractivity contribution in [1.29, 1.82) is 0 Å². The zero-order valence-electron chi connectivity index (χ0n) is 11.8. The van der Waals surface area contributed by atoms with Crippen LogP contribution in [-0.2, 0) is 0 Å². The van der Waals surface area contributed by atoms with Crippen LogP contribution in [0, 0.1) is 0 Å². The van der Waals surface area contributed by atoms with Crippen LogP contribution in [0.2, 0.25) is 0 Å². The van der Waals surface area contributed by atoms with Crippen LogP contribution in [-0.4, -0.2) is 41.9 Å². The number of carbonyl (C=O) groups is 1. The molecule has 114 valence electrons. The van der Waals surface area contributed by atoms with Gasteiger partial charge in [0.05, 0.1) is 11.6 Å². The lowest BCUT2D eigenvalue weighted by Gasteiger charge is -2.19. The van der Waals surface area contributed by atoms with Gasteiger partial charge in [-0.2, -0.15) is 0 Å². The van der Waals surface area contributed by atoms with Crippen molar-refractivity contribution >= 4 is 16.8 Å². The van der Waals surface area contributed by atoms with Gasteiger partial charge in [0.25, 0.3) is 0 Å². The molecule has 0 amide bonds. The normalized spacial score (nSPS) is 13.7. The summed E-state index contributed by atoms with van der Waals surface area (Å²) < 4.78 is 41.8. The van der Waals surface area contributed by atoms with Gasteiger partial charge < -0.3 is 4.74 Å². The van der Waals surface area contributed by atoms with Crippen molar-refractivity contribution in [1.82, 2.24) is 9.47 Å². The Labute approximate surface area is 119 Å². The summed E-state index contributed by atoms with van der Waals surface area (Å²) >= 11 is 0. The molecule has 2 aromatic rings. The van der Waals surface area contributed by atoms with Crippen LogP contribution in [0.5, 0.6) is 5.75 Å². The maximum absolute atomic E-state index is 12.3. The number of benzene rings is 1. The standard InChI is InChI=1S/C14H15F3N2O2/c1-9(18(2)3)13(20)19-7-6-10-8-11(4-5-12(10)19)21-14(15,16)17/h4-9H,1-3H3/t9-/m1/s1. The molecule has 1 aromatic heterocycles. The summed E-state index contributed by atoms with van der Waals surface area (Å²) in [7, 11) is 3.56. The third kappa shape index (κ3) is 3.36. The highest BCUT2D eigenvalue weighted by molar-refractivity contribution is 5.95. The van der Waals surface area contributed by atoms with Crippen molar-refractivity contribution in [2.45, 2.75) is 19.3 Å². The fraction of sp³-hybridized carbons (Fsp3) is 0.357. The minimum Gasteiger partial charge on any atom is -0.406 e. The smallest absolute Gasteiger partial charge is 0.406 e. The molecule has 1 aromatic carbocycles. The van der Waals surface area contributed by atoms with Gasteiger partial charge in [-0.05, 0) is 45.3 Å². The Morgan fingerprint density at radius 3 is 2.52 bits per heavy atom. The van der Waals surface area contributed by atoms with Crippen molar-refractivity contribution in [2.75, 3.05) is 14.1 Å². The second-order valence-corrected chi connectivity index (χ2v) is 4.93. The van der Waals surface area contributed by atoms with Gasteiger partial charge in [0.2, 0.25) is 5.91 Å². The third-order valence-electron chi connectivity index (χ3n) is 3.26. The molecule has 4 nitrogen and oxygen atoms in total. The molecule has 0 saturated heterocycles. The maximum atomic E-state index is 12.3. The lowest BCUT2D eigenvalue weighted by Crippen LogP contribution is -2.36. The largest absolute Gasteiger partial charge is 0.573 e. The van der Waals surface area contributed by atoms with Crippen LogP contribution < -0.4 is 4.74 Å². The van der Waals surface area contributed by atoms with Crippen LogP contribution >= 0.6 is 0 Å². The molecule has 0 spiro atoms. The Hall–Kier alpha value is -2.02. The number of likely N-dealkylation sites (N-methyl/N-ethyl adjacent to an activating group) is 1. The Kier molecular flexibility index (Phi) is 3.95. The molecule has 1 heterocycles. The fourth-order valence-corrected chi connectivity index (χ4v) is 1.93. The second kappa shape index (κ2) is 5.40. The first-order valence-corrected chi connectivity index (χ1v) is 6.26. The highest BCUT2D eigenvalue weighted by atomic mass is 19.4. The van der Waals surface area contributed by atoms with E-state index in [4.69, 9.17) is 0 Å². The predicted molar refractivity (Wildman–Crippen MR) is 72.4 cm³/mol. The van der Waals surface area contributed by atoms with E-state index in [-0.39, 0.29) is 17.7 Å². The van der Waals surface area contributed by atoms with Gasteiger partial charge in [-0.3, -0.25) is 14.3 Å². The average Bonchev–Trinajstić information content (AvgIpc) is 2.77. The van der Waals surface area contributed by atoms with Crippen LogP contribution in [0.4, 0.5) is 13.2 Å². The molecule has 0 radical (unpaired) electrons. The fourth-order valence-electron chi connectivity index (χ4n) is 1.93. The Morgan fingerprint density at radius 2 is 1.95 bits per heavy atom. The molecule has 2 rings (SSSR count). The summed E-state index contributed by atoms with van der Waals surface area (Å²) in [5.41, 5.74) is 0.545. The quantitative estimate of drug-likeness (QED) is 0.873. The average molecular weight is 300 g/mol. The maximum Gasteiger partial charge on any atom is 0.573 e. The highest BCUT2D eigenvalue weighted by Crippen LogP contribution is 2.27. The Morgan fingerprint density at radius 1 is 1.29 bits per heavy atom. The van der Waals surface area contributed by atoms with E-state index in [2.05, 4.69) is 4.74 Å². The SMILES string of the molecule is C[C@H](C(=O)n1ccc2cc(OC(F)(F)F)ccc21)N(C)C. The van der Waals surface area contributed by atoms with E-state index in [9.17, 15) is 18.0 Å². The number of fused-ring (bicyclic) bond motifs is 1. The molecular formula is C14H15F3N2O2. The Balaban J connectivity index is 2.35. The van der Waals surface area contributed by atoms with Gasteiger partial charge in [0, 0.05) is 11.6 Å². The number of halogens is 3. The molecule has 0 fully saturated rings. The van der Waals surface area contributed by atoms with Crippen molar-refractivity contribution in [3.05, 3.63) is 30.5 Å². The molecule has 0 bridgehead atoms. The molecule has 0 aliphatic carbocycles. The van der Waals surface area contributed by atoms with Crippen LogP contribution in [0.25, 0.3) is 10.9 Å². The van der Waals surface area contributed by atoms with Crippen molar-refractivity contribution < 1.29 is 22.7 Å². The first-order valence-electron chi connectivity index (χ1n) is 6.26. The molecule has 7 heteroatoms. The lowest BCUT2D eigenvalue weighted by atomic mass is 10.2. The van der Waals surface area contributed by atoms with Gasteiger partial charge in [0.1, 0.15) is 5.75 Å². The number of alkyl halides is 3. The van der Waals surface area contributed by atoms with Gasteiger partial charge in [0.15, 0.2) is 0 Å². The summed E-state index contributed by atoms with van der Waals surface area (Å²) in [6.45, 7) is 1.76. The van der Waals surface area contributed by atoms with Crippen molar-refractivity contribution in [2.24, 2.45) is 0 Å². The van der Waals surface area contributed by atoms with Crippen LogP contribution in [0.3, 0.4) is 0 Å². The molecule has 0 unspecified atom stereocenters. The van der Waals surface area contributed by atoms with Crippen molar-refractivity contribution in [3.8, 4) is 5.75 Å². The lowest BCUT2D eigenvalue weighted by molar-refractivity contribution is -0.274.